The van der Waals surface area contributed by atoms with Crippen molar-refractivity contribution in [3.8, 4) is 17.1 Å². The van der Waals surface area contributed by atoms with Crippen LogP contribution in [-0.2, 0) is 13.5 Å². The molecule has 3 rings (SSSR count). The average Bonchev–Trinajstić information content (AvgIpc) is 2.97. The molecule has 0 saturated heterocycles. The molecule has 0 aliphatic rings. The number of hydrogen-bond donors (Lipinski definition) is 0. The Bertz CT molecular complexity index is 754. The van der Waals surface area contributed by atoms with Crippen LogP contribution >= 0.6 is 11.8 Å². The summed E-state index contributed by atoms with van der Waals surface area (Å²) in [6.07, 6.45) is 0.988. The highest BCUT2D eigenvalue weighted by Crippen LogP contribution is 2.23. The maximum atomic E-state index is 5.18. The first-order chi connectivity index (χ1) is 11.3. The Kier molecular flexibility index (Phi) is 4.98. The minimum Gasteiger partial charge on any atom is -0.497 e. The summed E-state index contributed by atoms with van der Waals surface area (Å²) in [6, 6.07) is 18.3. The Balaban J connectivity index is 1.61. The maximum Gasteiger partial charge on any atom is 0.191 e. The predicted molar refractivity (Wildman–Crippen MR) is 93.9 cm³/mol. The number of aryl methyl sites for hydroxylation is 1. The van der Waals surface area contributed by atoms with Gasteiger partial charge in [0, 0.05) is 18.4 Å². The fourth-order valence-electron chi connectivity index (χ4n) is 2.33. The highest BCUT2D eigenvalue weighted by Gasteiger charge is 2.10. The van der Waals surface area contributed by atoms with Crippen molar-refractivity contribution in [1.82, 2.24) is 14.8 Å². The van der Waals surface area contributed by atoms with Gasteiger partial charge in [-0.05, 0) is 24.1 Å². The molecule has 0 N–H and O–H groups in total. The largest absolute Gasteiger partial charge is 0.497 e. The van der Waals surface area contributed by atoms with Crippen LogP contribution in [0.1, 0.15) is 5.56 Å². The Morgan fingerprint density at radius 3 is 2.43 bits per heavy atom. The van der Waals surface area contributed by atoms with Gasteiger partial charge in [-0.2, -0.15) is 0 Å². The third-order valence-electron chi connectivity index (χ3n) is 3.65. The van der Waals surface area contributed by atoms with E-state index in [0.29, 0.717) is 0 Å². The maximum absolute atomic E-state index is 5.18. The monoisotopic (exact) mass is 325 g/mol. The fraction of sp³-hybridized carbons (Fsp3) is 0.222. The van der Waals surface area contributed by atoms with Crippen molar-refractivity contribution in [2.45, 2.75) is 11.6 Å². The normalized spacial score (nSPS) is 10.7. The van der Waals surface area contributed by atoms with E-state index in [2.05, 4.69) is 34.5 Å². The van der Waals surface area contributed by atoms with Gasteiger partial charge in [0.25, 0.3) is 0 Å². The van der Waals surface area contributed by atoms with Crippen LogP contribution in [0.15, 0.2) is 59.8 Å². The van der Waals surface area contributed by atoms with E-state index in [4.69, 9.17) is 4.74 Å². The van der Waals surface area contributed by atoms with Gasteiger partial charge in [-0.3, -0.25) is 0 Å². The molecular weight excluding hydrogens is 306 g/mol. The van der Waals surface area contributed by atoms with E-state index in [1.54, 1.807) is 18.9 Å². The van der Waals surface area contributed by atoms with Gasteiger partial charge >= 0.3 is 0 Å². The van der Waals surface area contributed by atoms with Crippen molar-refractivity contribution in [2.24, 2.45) is 7.05 Å². The quantitative estimate of drug-likeness (QED) is 0.646. The van der Waals surface area contributed by atoms with E-state index in [1.807, 2.05) is 41.9 Å². The number of hydrogen-bond acceptors (Lipinski definition) is 4. The van der Waals surface area contributed by atoms with Crippen molar-refractivity contribution in [1.29, 1.82) is 0 Å². The zero-order valence-corrected chi connectivity index (χ0v) is 14.1. The second kappa shape index (κ2) is 7.33. The summed E-state index contributed by atoms with van der Waals surface area (Å²) in [5, 5.41) is 9.56. The molecule has 1 heterocycles. The van der Waals surface area contributed by atoms with E-state index in [-0.39, 0.29) is 0 Å². The van der Waals surface area contributed by atoms with Crippen LogP contribution in [0, 0.1) is 0 Å². The summed E-state index contributed by atoms with van der Waals surface area (Å²) in [7, 11) is 3.70. The van der Waals surface area contributed by atoms with Crippen LogP contribution in [0.25, 0.3) is 11.4 Å². The highest BCUT2D eigenvalue weighted by molar-refractivity contribution is 7.99. The van der Waals surface area contributed by atoms with Gasteiger partial charge in [0.1, 0.15) is 5.75 Å². The minimum absolute atomic E-state index is 0.891. The van der Waals surface area contributed by atoms with E-state index in [9.17, 15) is 0 Å². The molecule has 0 bridgehead atoms. The Morgan fingerprint density at radius 2 is 1.74 bits per heavy atom. The predicted octanol–water partition coefficient (Wildman–Crippen LogP) is 3.83. The lowest BCUT2D eigenvalue weighted by Gasteiger charge is -2.05. The van der Waals surface area contributed by atoms with Crippen LogP contribution in [0.3, 0.4) is 0 Å². The molecule has 2 aromatic carbocycles. The summed E-state index contributed by atoms with van der Waals surface area (Å²) in [5.41, 5.74) is 2.38. The van der Waals surface area contributed by atoms with E-state index >= 15 is 0 Å². The first kappa shape index (κ1) is 15.6. The lowest BCUT2D eigenvalue weighted by Crippen LogP contribution is -1.96. The molecule has 0 aliphatic carbocycles. The van der Waals surface area contributed by atoms with Gasteiger partial charge < -0.3 is 9.30 Å². The molecule has 0 aliphatic heterocycles. The van der Waals surface area contributed by atoms with Gasteiger partial charge in [-0.1, -0.05) is 54.2 Å². The van der Waals surface area contributed by atoms with Crippen molar-refractivity contribution in [2.75, 3.05) is 12.9 Å². The SMILES string of the molecule is COc1ccc(CCSc2nnc(-c3ccccc3)n2C)cc1. The van der Waals surface area contributed by atoms with Crippen molar-refractivity contribution < 1.29 is 4.74 Å². The summed E-state index contributed by atoms with van der Waals surface area (Å²) in [6.45, 7) is 0. The number of nitrogens with zero attached hydrogens (tertiary/aromatic N) is 3. The van der Waals surface area contributed by atoms with Gasteiger partial charge in [-0.25, -0.2) is 0 Å². The van der Waals surface area contributed by atoms with Crippen molar-refractivity contribution in [3.63, 3.8) is 0 Å². The zero-order valence-electron chi connectivity index (χ0n) is 13.3. The number of aromatic nitrogens is 3. The van der Waals surface area contributed by atoms with Crippen LogP contribution in [0.4, 0.5) is 0 Å². The molecule has 4 nitrogen and oxygen atoms in total. The molecule has 0 radical (unpaired) electrons. The van der Waals surface area contributed by atoms with Crippen LogP contribution in [0.2, 0.25) is 0 Å². The fourth-order valence-corrected chi connectivity index (χ4v) is 3.23. The van der Waals surface area contributed by atoms with Crippen LogP contribution in [0.5, 0.6) is 5.75 Å². The highest BCUT2D eigenvalue weighted by atomic mass is 32.2. The molecule has 0 atom stereocenters. The lowest BCUT2D eigenvalue weighted by atomic mass is 10.2. The summed E-state index contributed by atoms with van der Waals surface area (Å²) in [5.74, 6) is 2.76. The number of benzene rings is 2. The number of ether oxygens (including phenoxy) is 1. The molecule has 0 unspecified atom stereocenters. The van der Waals surface area contributed by atoms with Gasteiger partial charge in [0.05, 0.1) is 7.11 Å². The third-order valence-corrected chi connectivity index (χ3v) is 4.67. The first-order valence-corrected chi connectivity index (χ1v) is 8.47. The second-order valence-electron chi connectivity index (χ2n) is 5.18. The van der Waals surface area contributed by atoms with E-state index < -0.39 is 0 Å². The van der Waals surface area contributed by atoms with Gasteiger partial charge in [0.15, 0.2) is 11.0 Å². The molecule has 1 aromatic heterocycles. The van der Waals surface area contributed by atoms with Gasteiger partial charge in [-0.15, -0.1) is 10.2 Å². The molecule has 3 aromatic rings. The first-order valence-electron chi connectivity index (χ1n) is 7.48. The number of methoxy groups -OCH3 is 1. The smallest absolute Gasteiger partial charge is 0.191 e. The molecule has 0 saturated carbocycles. The molecule has 118 valence electrons. The van der Waals surface area contributed by atoms with Crippen LogP contribution < -0.4 is 4.74 Å². The summed E-state index contributed by atoms with van der Waals surface area (Å²) in [4.78, 5) is 0. The summed E-state index contributed by atoms with van der Waals surface area (Å²) < 4.78 is 7.23. The van der Waals surface area contributed by atoms with Crippen molar-refractivity contribution in [3.05, 3.63) is 60.2 Å². The third kappa shape index (κ3) is 3.74. The Hall–Kier alpha value is -2.27. The van der Waals surface area contributed by atoms with E-state index in [0.717, 1.165) is 34.5 Å². The minimum atomic E-state index is 0.891. The van der Waals surface area contributed by atoms with Gasteiger partial charge in [0.2, 0.25) is 0 Å². The molecule has 5 heteroatoms. The second-order valence-corrected chi connectivity index (χ2v) is 6.24. The topological polar surface area (TPSA) is 39.9 Å². The summed E-state index contributed by atoms with van der Waals surface area (Å²) >= 11 is 1.73. The molecule has 0 spiro atoms. The average molecular weight is 325 g/mol. The van der Waals surface area contributed by atoms with E-state index in [1.165, 1.54) is 5.56 Å². The van der Waals surface area contributed by atoms with Crippen LogP contribution in [-0.4, -0.2) is 27.6 Å². The number of rotatable bonds is 6. The lowest BCUT2D eigenvalue weighted by molar-refractivity contribution is 0.414. The Labute approximate surface area is 140 Å². The number of thioether (sulfide) groups is 1. The standard InChI is InChI=1S/C18H19N3OS/c1-21-17(15-6-4-3-5-7-15)19-20-18(21)23-13-12-14-8-10-16(22-2)11-9-14/h3-11H,12-13H2,1-2H3. The zero-order chi connectivity index (χ0) is 16.1. The molecule has 0 fully saturated rings. The molecule has 23 heavy (non-hydrogen) atoms. The molecule has 0 amide bonds. The Morgan fingerprint density at radius 1 is 1.00 bits per heavy atom. The molecular formula is C18H19N3OS. The van der Waals surface area contributed by atoms with Crippen molar-refractivity contribution >= 4 is 11.8 Å².